The Labute approximate surface area is 137 Å². The average molecular weight is 325 g/mol. The zero-order valence-corrected chi connectivity index (χ0v) is 14.8. The summed E-state index contributed by atoms with van der Waals surface area (Å²) in [6.07, 6.45) is 2.91. The number of carbonyl (C=O) groups is 1. The van der Waals surface area contributed by atoms with Gasteiger partial charge in [-0.3, -0.25) is 4.79 Å². The van der Waals surface area contributed by atoms with Crippen LogP contribution in [0, 0.1) is 25.7 Å². The fourth-order valence-electron chi connectivity index (χ4n) is 3.42. The van der Waals surface area contributed by atoms with E-state index in [1.165, 1.54) is 12.7 Å². The Morgan fingerprint density at radius 3 is 2.64 bits per heavy atom. The number of hydrogen-bond donors (Lipinski definition) is 0. The number of esters is 1. The molecule has 0 bridgehead atoms. The largest absolute Gasteiger partial charge is 0.496 e. The van der Waals surface area contributed by atoms with Crippen LogP contribution in [0.25, 0.3) is 0 Å². The van der Waals surface area contributed by atoms with Crippen LogP contribution in [-0.4, -0.2) is 20.2 Å². The van der Waals surface area contributed by atoms with Gasteiger partial charge in [-0.1, -0.05) is 18.5 Å². The van der Waals surface area contributed by atoms with Gasteiger partial charge in [0, 0.05) is 10.6 Å². The lowest BCUT2D eigenvalue weighted by Gasteiger charge is -2.22. The summed E-state index contributed by atoms with van der Waals surface area (Å²) in [5.74, 6) is 1.67. The van der Waals surface area contributed by atoms with Crippen molar-refractivity contribution in [3.8, 4) is 5.75 Å². The quantitative estimate of drug-likeness (QED) is 0.714. The Bertz CT molecular complexity index is 568. The summed E-state index contributed by atoms with van der Waals surface area (Å²) in [5.41, 5.74) is 3.32. The van der Waals surface area contributed by atoms with Crippen LogP contribution in [0.2, 0.25) is 5.02 Å². The number of carbonyl (C=O) groups excluding carboxylic acids is 1. The van der Waals surface area contributed by atoms with E-state index in [4.69, 9.17) is 21.1 Å². The lowest BCUT2D eigenvalue weighted by atomic mass is 9.86. The van der Waals surface area contributed by atoms with Crippen molar-refractivity contribution < 1.29 is 14.3 Å². The molecule has 1 fully saturated rings. The number of halogens is 1. The minimum absolute atomic E-state index is 0.0753. The molecule has 0 amide bonds. The predicted molar refractivity (Wildman–Crippen MR) is 88.7 cm³/mol. The summed E-state index contributed by atoms with van der Waals surface area (Å²) in [7, 11) is 3.16. The molecule has 0 aromatic heterocycles. The molecule has 0 spiro atoms. The zero-order chi connectivity index (χ0) is 16.4. The molecule has 3 nitrogen and oxygen atoms in total. The van der Waals surface area contributed by atoms with E-state index in [1.54, 1.807) is 7.11 Å². The Morgan fingerprint density at radius 2 is 2.09 bits per heavy atom. The van der Waals surface area contributed by atoms with Gasteiger partial charge in [-0.15, -0.1) is 0 Å². The number of ether oxygens (including phenoxy) is 2. The highest BCUT2D eigenvalue weighted by Gasteiger charge is 2.45. The molecule has 0 heterocycles. The monoisotopic (exact) mass is 324 g/mol. The molecule has 1 aromatic rings. The molecule has 0 aliphatic heterocycles. The van der Waals surface area contributed by atoms with Crippen LogP contribution in [0.4, 0.5) is 0 Å². The van der Waals surface area contributed by atoms with Crippen molar-refractivity contribution in [3.05, 3.63) is 27.8 Å². The first-order valence-electron chi connectivity index (χ1n) is 7.85. The molecule has 3 unspecified atom stereocenters. The molecule has 1 saturated carbocycles. The Balaban J connectivity index is 2.25. The second kappa shape index (κ2) is 6.91. The molecule has 3 atom stereocenters. The van der Waals surface area contributed by atoms with E-state index in [1.807, 2.05) is 13.0 Å². The van der Waals surface area contributed by atoms with Crippen molar-refractivity contribution in [2.75, 3.05) is 14.2 Å². The SMILES string of the molecule is CCC(CC1CC1C(=O)OC)c1c(OC)cc(C)c(Cl)c1C. The first-order valence-corrected chi connectivity index (χ1v) is 8.23. The maximum atomic E-state index is 11.6. The molecule has 0 saturated heterocycles. The van der Waals surface area contributed by atoms with E-state index < -0.39 is 0 Å². The third kappa shape index (κ3) is 3.24. The van der Waals surface area contributed by atoms with E-state index in [0.29, 0.717) is 11.8 Å². The van der Waals surface area contributed by atoms with Gasteiger partial charge < -0.3 is 9.47 Å². The van der Waals surface area contributed by atoms with Crippen molar-refractivity contribution in [1.29, 1.82) is 0 Å². The van der Waals surface area contributed by atoms with Gasteiger partial charge in [-0.2, -0.15) is 0 Å². The first-order chi connectivity index (χ1) is 10.4. The fraction of sp³-hybridized carbons (Fsp3) is 0.611. The molecule has 0 radical (unpaired) electrons. The average Bonchev–Trinajstić information content (AvgIpc) is 3.29. The van der Waals surface area contributed by atoms with Crippen LogP contribution in [0.1, 0.15) is 48.8 Å². The van der Waals surface area contributed by atoms with Gasteiger partial charge in [0.15, 0.2) is 0 Å². The highest BCUT2D eigenvalue weighted by Crippen LogP contribution is 2.49. The second-order valence-corrected chi connectivity index (χ2v) is 6.59. The zero-order valence-electron chi connectivity index (χ0n) is 14.0. The van der Waals surface area contributed by atoms with Gasteiger partial charge in [0.25, 0.3) is 0 Å². The van der Waals surface area contributed by atoms with Gasteiger partial charge in [-0.25, -0.2) is 0 Å². The van der Waals surface area contributed by atoms with Gasteiger partial charge >= 0.3 is 5.97 Å². The normalized spacial score (nSPS) is 21.4. The molecule has 122 valence electrons. The number of rotatable bonds is 6. The smallest absolute Gasteiger partial charge is 0.308 e. The third-order valence-corrected chi connectivity index (χ3v) is 5.41. The minimum atomic E-state index is -0.0783. The summed E-state index contributed by atoms with van der Waals surface area (Å²) in [6.45, 7) is 6.23. The number of methoxy groups -OCH3 is 2. The van der Waals surface area contributed by atoms with Crippen LogP contribution >= 0.6 is 11.6 Å². The molecule has 22 heavy (non-hydrogen) atoms. The van der Waals surface area contributed by atoms with Crippen molar-refractivity contribution >= 4 is 17.6 Å². The fourth-order valence-corrected chi connectivity index (χ4v) is 3.57. The molecule has 1 aromatic carbocycles. The van der Waals surface area contributed by atoms with Gasteiger partial charge in [0.2, 0.25) is 0 Å². The summed E-state index contributed by atoms with van der Waals surface area (Å²) in [5, 5.41) is 0.814. The number of hydrogen-bond acceptors (Lipinski definition) is 3. The maximum Gasteiger partial charge on any atom is 0.308 e. The lowest BCUT2D eigenvalue weighted by molar-refractivity contribution is -0.142. The van der Waals surface area contributed by atoms with E-state index in [-0.39, 0.29) is 11.9 Å². The van der Waals surface area contributed by atoms with Crippen LogP contribution < -0.4 is 4.74 Å². The van der Waals surface area contributed by atoms with E-state index in [2.05, 4.69) is 13.8 Å². The number of benzene rings is 1. The molecule has 4 heteroatoms. The molecule has 1 aliphatic rings. The van der Waals surface area contributed by atoms with E-state index >= 15 is 0 Å². The van der Waals surface area contributed by atoms with Crippen molar-refractivity contribution in [2.45, 2.75) is 46.0 Å². The topological polar surface area (TPSA) is 35.5 Å². The minimum Gasteiger partial charge on any atom is -0.496 e. The van der Waals surface area contributed by atoms with Gasteiger partial charge in [-0.05, 0) is 62.1 Å². The highest BCUT2D eigenvalue weighted by atomic mass is 35.5. The lowest BCUT2D eigenvalue weighted by Crippen LogP contribution is -2.09. The van der Waals surface area contributed by atoms with Crippen molar-refractivity contribution in [2.24, 2.45) is 11.8 Å². The van der Waals surface area contributed by atoms with Crippen molar-refractivity contribution in [1.82, 2.24) is 0 Å². The highest BCUT2D eigenvalue weighted by molar-refractivity contribution is 6.32. The van der Waals surface area contributed by atoms with Gasteiger partial charge in [0.1, 0.15) is 5.75 Å². The Hall–Kier alpha value is -1.22. The molecule has 0 N–H and O–H groups in total. The van der Waals surface area contributed by atoms with Crippen LogP contribution in [-0.2, 0) is 9.53 Å². The van der Waals surface area contributed by atoms with Gasteiger partial charge in [0.05, 0.1) is 20.1 Å². The molecular weight excluding hydrogens is 300 g/mol. The third-order valence-electron chi connectivity index (χ3n) is 4.83. The summed E-state index contributed by atoms with van der Waals surface area (Å²) >= 11 is 6.44. The second-order valence-electron chi connectivity index (χ2n) is 6.21. The van der Waals surface area contributed by atoms with Crippen LogP contribution in [0.15, 0.2) is 6.07 Å². The maximum absolute atomic E-state index is 11.6. The molecule has 1 aliphatic carbocycles. The van der Waals surface area contributed by atoms with Crippen LogP contribution in [0.5, 0.6) is 5.75 Å². The Morgan fingerprint density at radius 1 is 1.41 bits per heavy atom. The summed E-state index contributed by atoms with van der Waals surface area (Å²) in [4.78, 5) is 11.6. The van der Waals surface area contributed by atoms with Crippen LogP contribution in [0.3, 0.4) is 0 Å². The predicted octanol–water partition coefficient (Wildman–Crippen LogP) is 4.66. The Kier molecular flexibility index (Phi) is 5.38. The number of aryl methyl sites for hydroxylation is 1. The summed E-state index contributed by atoms with van der Waals surface area (Å²) in [6, 6.07) is 2.01. The molecule has 2 rings (SSSR count). The van der Waals surface area contributed by atoms with E-state index in [0.717, 1.165) is 41.2 Å². The van der Waals surface area contributed by atoms with E-state index in [9.17, 15) is 4.79 Å². The standard InChI is InChI=1S/C18H25ClO3/c1-6-12(8-13-9-14(13)18(20)22-5)16-11(3)17(19)10(2)7-15(16)21-4/h7,12-14H,6,8-9H2,1-5H3. The summed E-state index contributed by atoms with van der Waals surface area (Å²) < 4.78 is 10.4. The molecular formula is C18H25ClO3. The first kappa shape index (κ1) is 17.1. The van der Waals surface area contributed by atoms with Crippen molar-refractivity contribution in [3.63, 3.8) is 0 Å².